The molecule has 0 amide bonds. The van der Waals surface area contributed by atoms with E-state index in [1.54, 1.807) is 26.5 Å². The first-order valence-electron chi connectivity index (χ1n) is 6.26. The molecule has 0 aliphatic carbocycles. The predicted octanol–water partition coefficient (Wildman–Crippen LogP) is 3.35. The first-order chi connectivity index (χ1) is 9.63. The topological polar surface area (TPSA) is 56.8 Å². The second-order valence-corrected chi connectivity index (χ2v) is 4.43. The summed E-state index contributed by atoms with van der Waals surface area (Å²) in [5.41, 5.74) is 9.46. The zero-order chi connectivity index (χ0) is 14.5. The summed E-state index contributed by atoms with van der Waals surface area (Å²) in [6.45, 7) is 2.04. The molecule has 20 heavy (non-hydrogen) atoms. The highest BCUT2D eigenvalue weighted by Gasteiger charge is 2.07. The van der Waals surface area contributed by atoms with Crippen molar-refractivity contribution in [3.63, 3.8) is 0 Å². The van der Waals surface area contributed by atoms with E-state index in [-0.39, 0.29) is 0 Å². The molecule has 0 saturated heterocycles. The minimum absolute atomic E-state index is 0.596. The molecule has 0 aliphatic heterocycles. The van der Waals surface area contributed by atoms with Gasteiger partial charge < -0.3 is 15.2 Å². The molecular formula is C16H18N2O2. The Morgan fingerprint density at radius 1 is 1.00 bits per heavy atom. The quantitative estimate of drug-likeness (QED) is 0.684. The van der Waals surface area contributed by atoms with Crippen LogP contribution in [0.2, 0.25) is 0 Å². The van der Waals surface area contributed by atoms with E-state index in [0.717, 1.165) is 11.3 Å². The Kier molecular flexibility index (Phi) is 4.25. The Balaban J connectivity index is 2.31. The standard InChI is InChI=1S/C16H18N2O2/c1-11-4-6-13(7-5-11)18-10-12-8-15(19-2)16(20-3)9-14(12)17/h4-10H,17H2,1-3H3. The van der Waals surface area contributed by atoms with E-state index in [0.29, 0.717) is 17.2 Å². The fraction of sp³-hybridized carbons (Fsp3) is 0.188. The molecule has 0 atom stereocenters. The van der Waals surface area contributed by atoms with Crippen LogP contribution in [0.1, 0.15) is 11.1 Å². The Morgan fingerprint density at radius 3 is 2.20 bits per heavy atom. The van der Waals surface area contributed by atoms with Gasteiger partial charge in [0.1, 0.15) is 0 Å². The van der Waals surface area contributed by atoms with Crippen molar-refractivity contribution >= 4 is 17.6 Å². The number of aliphatic imine (C=N–C) groups is 1. The second-order valence-electron chi connectivity index (χ2n) is 4.43. The number of hydrogen-bond acceptors (Lipinski definition) is 4. The van der Waals surface area contributed by atoms with Gasteiger partial charge >= 0.3 is 0 Å². The molecule has 0 spiro atoms. The smallest absolute Gasteiger partial charge is 0.162 e. The van der Waals surface area contributed by atoms with Crippen molar-refractivity contribution in [1.82, 2.24) is 0 Å². The van der Waals surface area contributed by atoms with E-state index in [9.17, 15) is 0 Å². The number of aryl methyl sites for hydroxylation is 1. The summed E-state index contributed by atoms with van der Waals surface area (Å²) in [6, 6.07) is 11.5. The van der Waals surface area contributed by atoms with E-state index in [1.807, 2.05) is 37.3 Å². The number of nitrogens with two attached hydrogens (primary N) is 1. The molecule has 2 aromatic carbocycles. The van der Waals surface area contributed by atoms with E-state index < -0.39 is 0 Å². The maximum Gasteiger partial charge on any atom is 0.162 e. The fourth-order valence-corrected chi connectivity index (χ4v) is 1.80. The zero-order valence-corrected chi connectivity index (χ0v) is 11.9. The summed E-state index contributed by atoms with van der Waals surface area (Å²) in [4.78, 5) is 4.41. The van der Waals surface area contributed by atoms with Crippen LogP contribution in [0.15, 0.2) is 41.4 Å². The van der Waals surface area contributed by atoms with E-state index >= 15 is 0 Å². The van der Waals surface area contributed by atoms with Gasteiger partial charge in [0.25, 0.3) is 0 Å². The van der Waals surface area contributed by atoms with Gasteiger partial charge in [0, 0.05) is 23.5 Å². The van der Waals surface area contributed by atoms with Crippen molar-refractivity contribution in [3.8, 4) is 11.5 Å². The molecule has 0 aromatic heterocycles. The van der Waals surface area contributed by atoms with Gasteiger partial charge in [-0.2, -0.15) is 0 Å². The lowest BCUT2D eigenvalue weighted by molar-refractivity contribution is 0.355. The monoisotopic (exact) mass is 270 g/mol. The summed E-state index contributed by atoms with van der Waals surface area (Å²) >= 11 is 0. The molecular weight excluding hydrogens is 252 g/mol. The van der Waals surface area contributed by atoms with Crippen molar-refractivity contribution in [1.29, 1.82) is 0 Å². The Morgan fingerprint density at radius 2 is 1.60 bits per heavy atom. The first-order valence-corrected chi connectivity index (χ1v) is 6.26. The number of anilines is 1. The molecule has 2 rings (SSSR count). The van der Waals surface area contributed by atoms with Gasteiger partial charge in [0.15, 0.2) is 11.5 Å². The number of nitrogens with zero attached hydrogens (tertiary/aromatic N) is 1. The highest BCUT2D eigenvalue weighted by Crippen LogP contribution is 2.31. The molecule has 0 aliphatic rings. The van der Waals surface area contributed by atoms with Crippen molar-refractivity contribution in [2.24, 2.45) is 4.99 Å². The van der Waals surface area contributed by atoms with Crippen molar-refractivity contribution in [2.75, 3.05) is 20.0 Å². The minimum Gasteiger partial charge on any atom is -0.493 e. The van der Waals surface area contributed by atoms with Crippen LogP contribution in [0, 0.1) is 6.92 Å². The molecule has 104 valence electrons. The van der Waals surface area contributed by atoms with E-state index in [4.69, 9.17) is 15.2 Å². The van der Waals surface area contributed by atoms with Gasteiger partial charge in [0.05, 0.1) is 19.9 Å². The van der Waals surface area contributed by atoms with Gasteiger partial charge in [-0.25, -0.2) is 0 Å². The third-order valence-electron chi connectivity index (χ3n) is 2.98. The molecule has 0 saturated carbocycles. The van der Waals surface area contributed by atoms with Crippen LogP contribution in [0.4, 0.5) is 11.4 Å². The molecule has 2 aromatic rings. The number of methoxy groups -OCH3 is 2. The van der Waals surface area contributed by atoms with Crippen LogP contribution in [-0.2, 0) is 0 Å². The summed E-state index contributed by atoms with van der Waals surface area (Å²) in [6.07, 6.45) is 1.72. The average Bonchev–Trinajstić information content (AvgIpc) is 2.47. The molecule has 0 heterocycles. The highest BCUT2D eigenvalue weighted by atomic mass is 16.5. The average molecular weight is 270 g/mol. The van der Waals surface area contributed by atoms with Crippen molar-refractivity contribution < 1.29 is 9.47 Å². The molecule has 4 nitrogen and oxygen atoms in total. The molecule has 0 unspecified atom stereocenters. The SMILES string of the molecule is COc1cc(N)c(C=Nc2ccc(C)cc2)cc1OC. The van der Waals surface area contributed by atoms with Crippen LogP contribution in [0.5, 0.6) is 11.5 Å². The third-order valence-corrected chi connectivity index (χ3v) is 2.98. The van der Waals surface area contributed by atoms with E-state index in [2.05, 4.69) is 4.99 Å². The van der Waals surface area contributed by atoms with Crippen molar-refractivity contribution in [3.05, 3.63) is 47.5 Å². The lowest BCUT2D eigenvalue weighted by atomic mass is 10.1. The normalized spacial score (nSPS) is 10.8. The van der Waals surface area contributed by atoms with Gasteiger partial charge in [-0.3, -0.25) is 4.99 Å². The van der Waals surface area contributed by atoms with Gasteiger partial charge in [-0.05, 0) is 25.1 Å². The maximum absolute atomic E-state index is 5.98. The molecule has 0 bridgehead atoms. The number of nitrogen functional groups attached to an aromatic ring is 1. The summed E-state index contributed by atoms with van der Waals surface area (Å²) in [7, 11) is 3.17. The molecule has 4 heteroatoms. The Bertz CT molecular complexity index is 619. The number of rotatable bonds is 4. The Hall–Kier alpha value is -2.49. The fourth-order valence-electron chi connectivity index (χ4n) is 1.80. The van der Waals surface area contributed by atoms with Crippen LogP contribution in [-0.4, -0.2) is 20.4 Å². The lowest BCUT2D eigenvalue weighted by Crippen LogP contribution is -1.97. The van der Waals surface area contributed by atoms with Gasteiger partial charge in [-0.1, -0.05) is 17.7 Å². The second kappa shape index (κ2) is 6.10. The van der Waals surface area contributed by atoms with E-state index in [1.165, 1.54) is 5.56 Å². The molecule has 2 N–H and O–H groups in total. The van der Waals surface area contributed by atoms with Gasteiger partial charge in [0.2, 0.25) is 0 Å². The largest absolute Gasteiger partial charge is 0.493 e. The predicted molar refractivity (Wildman–Crippen MR) is 82.4 cm³/mol. The highest BCUT2D eigenvalue weighted by molar-refractivity contribution is 5.90. The number of hydrogen-bond donors (Lipinski definition) is 1. The maximum atomic E-state index is 5.98. The summed E-state index contributed by atoms with van der Waals surface area (Å²) in [5, 5.41) is 0. The van der Waals surface area contributed by atoms with Crippen molar-refractivity contribution in [2.45, 2.75) is 6.92 Å². The van der Waals surface area contributed by atoms with Crippen LogP contribution in [0.25, 0.3) is 0 Å². The molecule has 0 radical (unpaired) electrons. The molecule has 0 fully saturated rings. The number of ether oxygens (including phenoxy) is 2. The minimum atomic E-state index is 0.596. The number of benzene rings is 2. The van der Waals surface area contributed by atoms with Crippen LogP contribution in [0.3, 0.4) is 0 Å². The first kappa shape index (κ1) is 13.9. The van der Waals surface area contributed by atoms with Crippen LogP contribution >= 0.6 is 0 Å². The summed E-state index contributed by atoms with van der Waals surface area (Å²) in [5.74, 6) is 1.24. The lowest BCUT2D eigenvalue weighted by Gasteiger charge is -2.10. The zero-order valence-electron chi connectivity index (χ0n) is 11.9. The summed E-state index contributed by atoms with van der Waals surface area (Å²) < 4.78 is 10.5. The van der Waals surface area contributed by atoms with Gasteiger partial charge in [-0.15, -0.1) is 0 Å². The third kappa shape index (κ3) is 3.09. The Labute approximate surface area is 118 Å². The van der Waals surface area contributed by atoms with Crippen LogP contribution < -0.4 is 15.2 Å².